The predicted molar refractivity (Wildman–Crippen MR) is 76.0 cm³/mol. The normalized spacial score (nSPS) is 13.2. The van der Waals surface area contributed by atoms with E-state index in [4.69, 9.17) is 0 Å². The van der Waals surface area contributed by atoms with Crippen LogP contribution in [0.25, 0.3) is 0 Å². The van der Waals surface area contributed by atoms with Gasteiger partial charge in [0.1, 0.15) is 11.9 Å². The molecule has 0 saturated carbocycles. The smallest absolute Gasteiger partial charge is 0.125 e. The molecule has 2 aromatic rings. The van der Waals surface area contributed by atoms with Gasteiger partial charge < -0.3 is 4.90 Å². The Kier molecular flexibility index (Phi) is 3.00. The van der Waals surface area contributed by atoms with Crippen molar-refractivity contribution in [1.82, 2.24) is 0 Å². The maximum Gasteiger partial charge on any atom is 0.125 e. The van der Waals surface area contributed by atoms with Crippen molar-refractivity contribution in [2.45, 2.75) is 6.42 Å². The molecule has 0 fully saturated rings. The summed E-state index contributed by atoms with van der Waals surface area (Å²) in [5, 5.41) is 9.21. The second kappa shape index (κ2) is 4.67. The fraction of sp³-hybridized carbons (Fsp3) is 0.133. The molecular formula is C15H10BrFN2. The van der Waals surface area contributed by atoms with Gasteiger partial charge >= 0.3 is 0 Å². The maximum atomic E-state index is 13.4. The Balaban J connectivity index is 2.14. The molecule has 1 heterocycles. The van der Waals surface area contributed by atoms with Crippen LogP contribution in [0.2, 0.25) is 0 Å². The van der Waals surface area contributed by atoms with E-state index in [1.165, 1.54) is 12.1 Å². The van der Waals surface area contributed by atoms with Gasteiger partial charge in [0.2, 0.25) is 0 Å². The third-order valence-electron chi connectivity index (χ3n) is 3.31. The monoisotopic (exact) mass is 316 g/mol. The summed E-state index contributed by atoms with van der Waals surface area (Å²) in [5.74, 6) is -0.251. The molecule has 2 aromatic carbocycles. The number of nitrogens with zero attached hydrogens (tertiary/aromatic N) is 2. The highest BCUT2D eigenvalue weighted by Crippen LogP contribution is 2.37. The first-order valence-electron chi connectivity index (χ1n) is 5.94. The van der Waals surface area contributed by atoms with E-state index < -0.39 is 0 Å². The summed E-state index contributed by atoms with van der Waals surface area (Å²) >= 11 is 3.42. The molecular weight excluding hydrogens is 307 g/mol. The van der Waals surface area contributed by atoms with Gasteiger partial charge in [-0.2, -0.15) is 5.26 Å². The SMILES string of the molecule is N#Cc1ccc(Br)cc1N1CCc2ccc(F)cc21. The third-order valence-corrected chi connectivity index (χ3v) is 3.81. The van der Waals surface area contributed by atoms with Crippen molar-refractivity contribution in [3.05, 3.63) is 57.8 Å². The fourth-order valence-corrected chi connectivity index (χ4v) is 2.77. The van der Waals surface area contributed by atoms with Crippen LogP contribution in [0.5, 0.6) is 0 Å². The fourth-order valence-electron chi connectivity index (χ4n) is 2.43. The number of anilines is 2. The molecule has 0 amide bonds. The van der Waals surface area contributed by atoms with Crippen LogP contribution in [0.1, 0.15) is 11.1 Å². The van der Waals surface area contributed by atoms with Gasteiger partial charge in [0.15, 0.2) is 0 Å². The minimum Gasteiger partial charge on any atom is -0.340 e. The van der Waals surface area contributed by atoms with E-state index in [9.17, 15) is 9.65 Å². The summed E-state index contributed by atoms with van der Waals surface area (Å²) in [4.78, 5) is 2.00. The van der Waals surface area contributed by atoms with Crippen LogP contribution in [0.4, 0.5) is 15.8 Å². The van der Waals surface area contributed by atoms with Crippen LogP contribution in [0.15, 0.2) is 40.9 Å². The molecule has 0 unspecified atom stereocenters. The number of hydrogen-bond acceptors (Lipinski definition) is 2. The molecule has 3 rings (SSSR count). The molecule has 4 heteroatoms. The molecule has 94 valence electrons. The van der Waals surface area contributed by atoms with E-state index >= 15 is 0 Å². The number of fused-ring (bicyclic) bond motifs is 1. The summed E-state index contributed by atoms with van der Waals surface area (Å²) < 4.78 is 14.3. The first-order valence-corrected chi connectivity index (χ1v) is 6.74. The largest absolute Gasteiger partial charge is 0.340 e. The van der Waals surface area contributed by atoms with Crippen LogP contribution >= 0.6 is 15.9 Å². The van der Waals surface area contributed by atoms with Crippen LogP contribution in [-0.4, -0.2) is 6.54 Å². The highest BCUT2D eigenvalue weighted by atomic mass is 79.9. The van der Waals surface area contributed by atoms with Gasteiger partial charge in [-0.3, -0.25) is 0 Å². The number of benzene rings is 2. The van der Waals surface area contributed by atoms with E-state index in [0.717, 1.165) is 34.4 Å². The summed E-state index contributed by atoms with van der Waals surface area (Å²) in [6, 6.07) is 12.5. The third kappa shape index (κ3) is 2.11. The van der Waals surface area contributed by atoms with Gasteiger partial charge in [0, 0.05) is 16.7 Å². The van der Waals surface area contributed by atoms with Gasteiger partial charge in [0.05, 0.1) is 11.3 Å². The quantitative estimate of drug-likeness (QED) is 0.790. The van der Waals surface area contributed by atoms with Crippen molar-refractivity contribution in [2.75, 3.05) is 11.4 Å². The Morgan fingerprint density at radius 2 is 2.00 bits per heavy atom. The van der Waals surface area contributed by atoms with Gasteiger partial charge in [-0.15, -0.1) is 0 Å². The minimum atomic E-state index is -0.251. The summed E-state index contributed by atoms with van der Waals surface area (Å²) in [5.41, 5.74) is 3.39. The zero-order valence-electron chi connectivity index (χ0n) is 10.0. The van der Waals surface area contributed by atoms with Crippen molar-refractivity contribution in [1.29, 1.82) is 5.26 Å². The standard InChI is InChI=1S/C15H10BrFN2/c16-12-3-1-11(9-18)14(7-12)19-6-5-10-2-4-13(17)8-15(10)19/h1-4,7-8H,5-6H2. The molecule has 0 aromatic heterocycles. The molecule has 1 aliphatic heterocycles. The molecule has 0 N–H and O–H groups in total. The predicted octanol–water partition coefficient (Wildman–Crippen LogP) is 4.15. The van der Waals surface area contributed by atoms with Crippen molar-refractivity contribution in [3.63, 3.8) is 0 Å². The Labute approximate surface area is 119 Å². The molecule has 0 radical (unpaired) electrons. The molecule has 0 spiro atoms. The number of hydrogen-bond donors (Lipinski definition) is 0. The summed E-state index contributed by atoms with van der Waals surface area (Å²) in [6.45, 7) is 0.768. The second-order valence-corrected chi connectivity index (χ2v) is 5.36. The molecule has 2 nitrogen and oxygen atoms in total. The number of halogens is 2. The van der Waals surface area contributed by atoms with Crippen LogP contribution in [-0.2, 0) is 6.42 Å². The summed E-state index contributed by atoms with van der Waals surface area (Å²) in [7, 11) is 0. The summed E-state index contributed by atoms with van der Waals surface area (Å²) in [6.07, 6.45) is 0.868. The molecule has 0 atom stereocenters. The topological polar surface area (TPSA) is 27.0 Å². The minimum absolute atomic E-state index is 0.251. The van der Waals surface area contributed by atoms with Gasteiger partial charge in [0.25, 0.3) is 0 Å². The van der Waals surface area contributed by atoms with Crippen molar-refractivity contribution < 1.29 is 4.39 Å². The van der Waals surface area contributed by atoms with Crippen molar-refractivity contribution in [2.24, 2.45) is 0 Å². The molecule has 19 heavy (non-hydrogen) atoms. The zero-order chi connectivity index (χ0) is 13.4. The van der Waals surface area contributed by atoms with E-state index in [1.54, 1.807) is 6.07 Å². The Hall–Kier alpha value is -1.86. The maximum absolute atomic E-state index is 13.4. The van der Waals surface area contributed by atoms with Crippen LogP contribution in [0, 0.1) is 17.1 Å². The Bertz CT molecular complexity index is 691. The highest BCUT2D eigenvalue weighted by Gasteiger charge is 2.23. The van der Waals surface area contributed by atoms with E-state index in [1.807, 2.05) is 23.1 Å². The molecule has 0 saturated heterocycles. The lowest BCUT2D eigenvalue weighted by Crippen LogP contribution is -2.14. The lowest BCUT2D eigenvalue weighted by atomic mass is 10.1. The zero-order valence-corrected chi connectivity index (χ0v) is 11.6. The van der Waals surface area contributed by atoms with Crippen molar-refractivity contribution in [3.8, 4) is 6.07 Å². The van der Waals surface area contributed by atoms with Crippen LogP contribution < -0.4 is 4.90 Å². The molecule has 0 aliphatic carbocycles. The second-order valence-electron chi connectivity index (χ2n) is 4.45. The highest BCUT2D eigenvalue weighted by molar-refractivity contribution is 9.10. The van der Waals surface area contributed by atoms with E-state index in [2.05, 4.69) is 22.0 Å². The number of rotatable bonds is 1. The molecule has 0 bridgehead atoms. The van der Waals surface area contributed by atoms with Crippen LogP contribution in [0.3, 0.4) is 0 Å². The van der Waals surface area contributed by atoms with E-state index in [-0.39, 0.29) is 5.82 Å². The molecule has 1 aliphatic rings. The van der Waals surface area contributed by atoms with Gasteiger partial charge in [-0.05, 0) is 42.3 Å². The average molecular weight is 317 g/mol. The van der Waals surface area contributed by atoms with Gasteiger partial charge in [-0.1, -0.05) is 22.0 Å². The first-order chi connectivity index (χ1) is 9.19. The lowest BCUT2D eigenvalue weighted by Gasteiger charge is -2.21. The average Bonchev–Trinajstić information content (AvgIpc) is 2.81. The Morgan fingerprint density at radius 3 is 2.79 bits per heavy atom. The van der Waals surface area contributed by atoms with E-state index in [0.29, 0.717) is 5.56 Å². The van der Waals surface area contributed by atoms with Crippen molar-refractivity contribution >= 4 is 27.3 Å². The first kappa shape index (κ1) is 12.2. The van der Waals surface area contributed by atoms with Gasteiger partial charge in [-0.25, -0.2) is 4.39 Å². The Morgan fingerprint density at radius 1 is 1.16 bits per heavy atom. The lowest BCUT2D eigenvalue weighted by molar-refractivity contribution is 0.628. The number of nitriles is 1.